The molecule has 0 radical (unpaired) electrons. The Hall–Kier alpha value is -1.99. The molecule has 4 rings (SSSR count). The Labute approximate surface area is 138 Å². The van der Waals surface area contributed by atoms with Crippen LogP contribution in [0.5, 0.6) is 0 Å². The average molecular weight is 345 g/mol. The van der Waals surface area contributed by atoms with E-state index in [1.807, 2.05) is 24.0 Å². The highest BCUT2D eigenvalue weighted by Crippen LogP contribution is 2.33. The number of anilines is 1. The van der Waals surface area contributed by atoms with Gasteiger partial charge in [0.25, 0.3) is 0 Å². The summed E-state index contributed by atoms with van der Waals surface area (Å²) in [6.45, 7) is 3.00. The lowest BCUT2D eigenvalue weighted by Gasteiger charge is -2.21. The maximum atomic E-state index is 12.5. The third kappa shape index (κ3) is 2.40. The van der Waals surface area contributed by atoms with Crippen LogP contribution in [0.3, 0.4) is 0 Å². The molecule has 5 nitrogen and oxygen atoms in total. The molecular weight excluding hydrogens is 330 g/mol. The van der Waals surface area contributed by atoms with E-state index in [1.54, 1.807) is 29.8 Å². The van der Waals surface area contributed by atoms with Crippen molar-refractivity contribution in [3.63, 3.8) is 0 Å². The van der Waals surface area contributed by atoms with Gasteiger partial charge in [-0.05, 0) is 29.5 Å². The normalized spacial score (nSPS) is 17.0. The van der Waals surface area contributed by atoms with Gasteiger partial charge in [-0.15, -0.1) is 11.3 Å². The summed E-state index contributed by atoms with van der Waals surface area (Å²) in [4.78, 5) is 11.3. The smallest absolute Gasteiger partial charge is 0.180 e. The molecule has 1 aliphatic heterocycles. The van der Waals surface area contributed by atoms with Crippen LogP contribution in [0, 0.1) is 6.92 Å². The monoisotopic (exact) mass is 345 g/mol. The summed E-state index contributed by atoms with van der Waals surface area (Å²) in [7, 11) is -3.25. The number of thiophene rings is 1. The molecule has 3 aromatic rings. The minimum atomic E-state index is -3.25. The molecule has 1 aliphatic rings. The minimum Gasteiger partial charge on any atom is -0.350 e. The van der Waals surface area contributed by atoms with Crippen molar-refractivity contribution in [2.24, 2.45) is 0 Å². The van der Waals surface area contributed by atoms with Gasteiger partial charge in [-0.1, -0.05) is 18.2 Å². The van der Waals surface area contributed by atoms with E-state index in [1.165, 1.54) is 0 Å². The molecule has 0 amide bonds. The summed E-state index contributed by atoms with van der Waals surface area (Å²) in [6.07, 6.45) is 1.56. The highest BCUT2D eigenvalue weighted by atomic mass is 32.2. The number of rotatable bonds is 1. The second-order valence-electron chi connectivity index (χ2n) is 5.64. The van der Waals surface area contributed by atoms with Gasteiger partial charge in [0.2, 0.25) is 0 Å². The lowest BCUT2D eigenvalue weighted by atomic mass is 10.2. The topological polar surface area (TPSA) is 63.2 Å². The lowest BCUT2D eigenvalue weighted by molar-refractivity contribution is 0.596. The fraction of sp³-hybridized carbons (Fsp3) is 0.250. The third-order valence-corrected chi connectivity index (χ3v) is 6.98. The molecule has 118 valence electrons. The second-order valence-corrected chi connectivity index (χ2v) is 8.60. The van der Waals surface area contributed by atoms with Crippen molar-refractivity contribution in [2.75, 3.05) is 17.2 Å². The number of hydrogen-bond donors (Lipinski definition) is 0. The lowest BCUT2D eigenvalue weighted by Crippen LogP contribution is -2.26. The van der Waals surface area contributed by atoms with E-state index in [4.69, 9.17) is 0 Å². The SMILES string of the molecule is Cc1csc2c(N3CCS(=O)(=O)c4ccccc4C3)ncnc12. The summed E-state index contributed by atoms with van der Waals surface area (Å²) in [6, 6.07) is 7.22. The van der Waals surface area contributed by atoms with Crippen molar-refractivity contribution >= 4 is 37.2 Å². The van der Waals surface area contributed by atoms with Gasteiger partial charge in [-0.25, -0.2) is 18.4 Å². The predicted octanol–water partition coefficient (Wildman–Crippen LogP) is 2.79. The predicted molar refractivity (Wildman–Crippen MR) is 91.7 cm³/mol. The van der Waals surface area contributed by atoms with Gasteiger partial charge in [0.1, 0.15) is 12.1 Å². The molecule has 0 fully saturated rings. The van der Waals surface area contributed by atoms with E-state index in [9.17, 15) is 8.42 Å². The van der Waals surface area contributed by atoms with Gasteiger partial charge >= 0.3 is 0 Å². The van der Waals surface area contributed by atoms with Crippen molar-refractivity contribution < 1.29 is 8.42 Å². The van der Waals surface area contributed by atoms with Crippen molar-refractivity contribution in [2.45, 2.75) is 18.4 Å². The zero-order chi connectivity index (χ0) is 16.0. The largest absolute Gasteiger partial charge is 0.350 e. The molecule has 1 aromatic carbocycles. The summed E-state index contributed by atoms with van der Waals surface area (Å²) >= 11 is 1.61. The average Bonchev–Trinajstić information content (AvgIpc) is 2.87. The van der Waals surface area contributed by atoms with Crippen molar-refractivity contribution in [3.8, 4) is 0 Å². The first-order chi connectivity index (χ1) is 11.1. The molecule has 23 heavy (non-hydrogen) atoms. The van der Waals surface area contributed by atoms with Gasteiger partial charge in [0.05, 0.1) is 20.9 Å². The van der Waals surface area contributed by atoms with E-state index < -0.39 is 9.84 Å². The zero-order valence-electron chi connectivity index (χ0n) is 12.6. The van der Waals surface area contributed by atoms with Crippen LogP contribution in [0.15, 0.2) is 40.9 Å². The van der Waals surface area contributed by atoms with Crippen molar-refractivity contribution in [1.82, 2.24) is 9.97 Å². The van der Waals surface area contributed by atoms with Gasteiger partial charge < -0.3 is 4.90 Å². The van der Waals surface area contributed by atoms with Gasteiger partial charge in [-0.3, -0.25) is 0 Å². The summed E-state index contributed by atoms with van der Waals surface area (Å²) in [5.74, 6) is 0.917. The third-order valence-electron chi connectivity index (χ3n) is 4.11. The summed E-state index contributed by atoms with van der Waals surface area (Å²) in [5.41, 5.74) is 2.89. The van der Waals surface area contributed by atoms with Crippen LogP contribution in [-0.2, 0) is 16.4 Å². The molecule has 0 spiro atoms. The number of nitrogens with zero attached hydrogens (tertiary/aromatic N) is 3. The van der Waals surface area contributed by atoms with Gasteiger partial charge in [-0.2, -0.15) is 0 Å². The highest BCUT2D eigenvalue weighted by Gasteiger charge is 2.26. The maximum absolute atomic E-state index is 12.5. The Morgan fingerprint density at radius 3 is 2.91 bits per heavy atom. The Balaban J connectivity index is 1.85. The molecule has 3 heterocycles. The number of fused-ring (bicyclic) bond motifs is 2. The molecule has 2 aromatic heterocycles. The van der Waals surface area contributed by atoms with Crippen LogP contribution in [-0.4, -0.2) is 30.7 Å². The molecule has 0 saturated carbocycles. The maximum Gasteiger partial charge on any atom is 0.180 e. The molecule has 0 unspecified atom stereocenters. The van der Waals surface area contributed by atoms with E-state index in [-0.39, 0.29) is 5.75 Å². The quantitative estimate of drug-likeness (QED) is 0.679. The Morgan fingerprint density at radius 1 is 1.22 bits per heavy atom. The first kappa shape index (κ1) is 14.6. The first-order valence-corrected chi connectivity index (χ1v) is 9.84. The first-order valence-electron chi connectivity index (χ1n) is 7.31. The van der Waals surface area contributed by atoms with E-state index in [2.05, 4.69) is 15.3 Å². The minimum absolute atomic E-state index is 0.0971. The van der Waals surface area contributed by atoms with Crippen LogP contribution in [0.1, 0.15) is 11.1 Å². The molecule has 0 bridgehead atoms. The van der Waals surface area contributed by atoms with Crippen LogP contribution in [0.25, 0.3) is 10.2 Å². The molecule has 7 heteroatoms. The Morgan fingerprint density at radius 2 is 2.04 bits per heavy atom. The number of aromatic nitrogens is 2. The number of aryl methyl sites for hydroxylation is 1. The molecule has 0 N–H and O–H groups in total. The van der Waals surface area contributed by atoms with Crippen molar-refractivity contribution in [1.29, 1.82) is 0 Å². The molecular formula is C16H15N3O2S2. The number of benzene rings is 1. The molecule has 0 atom stereocenters. The zero-order valence-corrected chi connectivity index (χ0v) is 14.2. The van der Waals surface area contributed by atoms with Crippen LogP contribution >= 0.6 is 11.3 Å². The van der Waals surface area contributed by atoms with E-state index in [0.29, 0.717) is 18.0 Å². The van der Waals surface area contributed by atoms with Crippen LogP contribution in [0.4, 0.5) is 5.82 Å². The molecule has 0 aliphatic carbocycles. The summed E-state index contributed by atoms with van der Waals surface area (Å²) in [5, 5.41) is 2.06. The van der Waals surface area contributed by atoms with Gasteiger partial charge in [0, 0.05) is 13.1 Å². The fourth-order valence-corrected chi connectivity index (χ4v) is 5.44. The summed E-state index contributed by atoms with van der Waals surface area (Å²) < 4.78 is 26.0. The van der Waals surface area contributed by atoms with Gasteiger partial charge in [0.15, 0.2) is 9.84 Å². The van der Waals surface area contributed by atoms with Crippen molar-refractivity contribution in [3.05, 3.63) is 47.1 Å². The Kier molecular flexibility index (Phi) is 3.35. The fourth-order valence-electron chi connectivity index (χ4n) is 2.93. The standard InChI is InChI=1S/C16H15N3O2S2/c1-11-9-22-15-14(11)17-10-18-16(15)19-6-7-23(20,21)13-5-3-2-4-12(13)8-19/h2-5,9-10H,6-8H2,1H3. The van der Waals surface area contributed by atoms with E-state index >= 15 is 0 Å². The van der Waals surface area contributed by atoms with E-state index in [0.717, 1.165) is 27.2 Å². The number of sulfone groups is 1. The Bertz CT molecular complexity index is 995. The second kappa shape index (κ2) is 5.28. The highest BCUT2D eigenvalue weighted by molar-refractivity contribution is 7.91. The van der Waals surface area contributed by atoms with Crippen LogP contribution < -0.4 is 4.90 Å². The molecule has 0 saturated heterocycles. The number of hydrogen-bond acceptors (Lipinski definition) is 6. The van der Waals surface area contributed by atoms with Crippen LogP contribution in [0.2, 0.25) is 0 Å².